The summed E-state index contributed by atoms with van der Waals surface area (Å²) in [5.41, 5.74) is 1.50. The molecule has 7 heteroatoms. The smallest absolute Gasteiger partial charge is 0.383 e. The molecule has 0 bridgehead atoms. The van der Waals surface area contributed by atoms with Crippen LogP contribution in [0.4, 0.5) is 0 Å². The van der Waals surface area contributed by atoms with Gasteiger partial charge in [0.15, 0.2) is 0 Å². The van der Waals surface area contributed by atoms with Crippen LogP contribution in [0.15, 0.2) is 36.0 Å². The largest absolute Gasteiger partial charge is 0.497 e. The lowest BCUT2D eigenvalue weighted by Gasteiger charge is -2.24. The Labute approximate surface area is 152 Å². The fraction of sp³-hybridized carbons (Fsp3) is 0.316. The molecule has 0 aromatic heterocycles. The standard InChI is InChI=1S/C15H17NO4.C4H4O2/c1-19-13-6-3-11(4-7-13)9-16-10-12(15(18)20-2)5-8-14(16)17;1-3-4(5)6-2/h3-4,6-7,10H,5,8-9H2,1-2H3;1H,2H3. The van der Waals surface area contributed by atoms with Crippen molar-refractivity contribution < 1.29 is 28.6 Å². The fourth-order valence-corrected chi connectivity index (χ4v) is 2.12. The van der Waals surface area contributed by atoms with E-state index in [4.69, 9.17) is 9.47 Å². The highest BCUT2D eigenvalue weighted by molar-refractivity contribution is 5.92. The summed E-state index contributed by atoms with van der Waals surface area (Å²) in [5.74, 6) is 1.52. The normalized spacial score (nSPS) is 12.8. The van der Waals surface area contributed by atoms with Crippen molar-refractivity contribution in [3.63, 3.8) is 0 Å². The van der Waals surface area contributed by atoms with Gasteiger partial charge in [0.2, 0.25) is 5.91 Å². The molecular formula is C19H21NO6. The molecule has 0 unspecified atom stereocenters. The van der Waals surface area contributed by atoms with Crippen LogP contribution in [0.25, 0.3) is 0 Å². The first-order chi connectivity index (χ1) is 12.4. The lowest BCUT2D eigenvalue weighted by molar-refractivity contribution is -0.137. The van der Waals surface area contributed by atoms with Crippen LogP contribution >= 0.6 is 0 Å². The number of esters is 2. The third-order valence-electron chi connectivity index (χ3n) is 3.50. The summed E-state index contributed by atoms with van der Waals surface area (Å²) >= 11 is 0. The van der Waals surface area contributed by atoms with Gasteiger partial charge in [0.05, 0.1) is 33.4 Å². The molecule has 0 saturated carbocycles. The molecule has 1 aromatic carbocycles. The Balaban J connectivity index is 0.000000487. The van der Waals surface area contributed by atoms with E-state index >= 15 is 0 Å². The predicted octanol–water partition coefficient (Wildman–Crippen LogP) is 1.67. The summed E-state index contributed by atoms with van der Waals surface area (Å²) in [6, 6.07) is 7.47. The first-order valence-corrected chi connectivity index (χ1v) is 7.71. The fourth-order valence-electron chi connectivity index (χ4n) is 2.12. The highest BCUT2D eigenvalue weighted by atomic mass is 16.5. The van der Waals surface area contributed by atoms with Crippen LogP contribution in [0.2, 0.25) is 0 Å². The summed E-state index contributed by atoms with van der Waals surface area (Å²) < 4.78 is 13.8. The van der Waals surface area contributed by atoms with Crippen molar-refractivity contribution in [3.05, 3.63) is 41.6 Å². The molecule has 0 spiro atoms. The zero-order valence-corrected chi connectivity index (χ0v) is 15.0. The van der Waals surface area contributed by atoms with Gasteiger partial charge in [-0.2, -0.15) is 0 Å². The van der Waals surface area contributed by atoms with Crippen LogP contribution in [0.3, 0.4) is 0 Å². The third-order valence-corrected chi connectivity index (χ3v) is 3.50. The van der Waals surface area contributed by atoms with Crippen LogP contribution in [0.5, 0.6) is 5.75 Å². The molecule has 0 fully saturated rings. The first-order valence-electron chi connectivity index (χ1n) is 7.71. The summed E-state index contributed by atoms with van der Waals surface area (Å²) in [4.78, 5) is 34.7. The average Bonchev–Trinajstić information content (AvgIpc) is 2.69. The van der Waals surface area contributed by atoms with Crippen LogP contribution in [-0.4, -0.2) is 44.1 Å². The molecule has 0 radical (unpaired) electrons. The van der Waals surface area contributed by atoms with Crippen molar-refractivity contribution in [2.75, 3.05) is 21.3 Å². The number of amides is 1. The van der Waals surface area contributed by atoms with Crippen LogP contribution in [-0.2, 0) is 30.4 Å². The second-order valence-electron chi connectivity index (χ2n) is 5.15. The maximum atomic E-state index is 11.9. The monoisotopic (exact) mass is 359 g/mol. The van der Waals surface area contributed by atoms with Crippen LogP contribution in [0.1, 0.15) is 18.4 Å². The lowest BCUT2D eigenvalue weighted by Crippen LogP contribution is -2.30. The molecule has 2 rings (SSSR count). The van der Waals surface area contributed by atoms with Gasteiger partial charge in [0.25, 0.3) is 0 Å². The van der Waals surface area contributed by atoms with Gasteiger partial charge in [-0.05, 0) is 24.1 Å². The number of ether oxygens (including phenoxy) is 3. The van der Waals surface area contributed by atoms with Gasteiger partial charge >= 0.3 is 11.9 Å². The quantitative estimate of drug-likeness (QED) is 0.462. The molecule has 0 saturated heterocycles. The summed E-state index contributed by atoms with van der Waals surface area (Å²) in [6.45, 7) is 0.434. The van der Waals surface area contributed by atoms with Crippen LogP contribution < -0.4 is 4.74 Å². The number of rotatable bonds is 4. The maximum absolute atomic E-state index is 11.9. The van der Waals surface area contributed by atoms with Crippen molar-refractivity contribution >= 4 is 17.8 Å². The van der Waals surface area contributed by atoms with Gasteiger partial charge < -0.3 is 19.1 Å². The Morgan fingerprint density at radius 2 is 1.77 bits per heavy atom. The zero-order chi connectivity index (χ0) is 19.5. The van der Waals surface area contributed by atoms with Crippen molar-refractivity contribution in [2.45, 2.75) is 19.4 Å². The van der Waals surface area contributed by atoms with E-state index in [1.54, 1.807) is 24.1 Å². The van der Waals surface area contributed by atoms with Crippen molar-refractivity contribution in [1.29, 1.82) is 0 Å². The Hall–Kier alpha value is -3.27. The minimum Gasteiger partial charge on any atom is -0.497 e. The number of terminal acetylenes is 1. The maximum Gasteiger partial charge on any atom is 0.383 e. The molecule has 1 heterocycles. The molecule has 26 heavy (non-hydrogen) atoms. The number of benzene rings is 1. The van der Waals surface area contributed by atoms with E-state index in [1.807, 2.05) is 24.3 Å². The molecule has 1 aliphatic rings. The predicted molar refractivity (Wildman–Crippen MR) is 93.7 cm³/mol. The molecule has 1 amide bonds. The summed E-state index contributed by atoms with van der Waals surface area (Å²) in [6.07, 6.45) is 6.91. The number of hydrogen-bond acceptors (Lipinski definition) is 6. The zero-order valence-electron chi connectivity index (χ0n) is 15.0. The van der Waals surface area contributed by atoms with E-state index in [9.17, 15) is 14.4 Å². The van der Waals surface area contributed by atoms with Crippen molar-refractivity contribution in [3.8, 4) is 18.1 Å². The number of nitrogens with zero attached hydrogens (tertiary/aromatic N) is 1. The van der Waals surface area contributed by atoms with Gasteiger partial charge in [-0.3, -0.25) is 4.79 Å². The molecule has 138 valence electrons. The molecule has 0 N–H and O–H groups in total. The second-order valence-corrected chi connectivity index (χ2v) is 5.15. The molecule has 0 atom stereocenters. The van der Waals surface area contributed by atoms with Gasteiger partial charge in [-0.25, -0.2) is 9.59 Å². The molecule has 1 aliphatic heterocycles. The van der Waals surface area contributed by atoms with Gasteiger partial charge in [0.1, 0.15) is 5.75 Å². The highest BCUT2D eigenvalue weighted by Crippen LogP contribution is 2.20. The van der Waals surface area contributed by atoms with Crippen molar-refractivity contribution in [1.82, 2.24) is 4.90 Å². The van der Waals surface area contributed by atoms with Crippen LogP contribution in [0, 0.1) is 12.3 Å². The summed E-state index contributed by atoms with van der Waals surface area (Å²) in [7, 11) is 4.18. The van der Waals surface area contributed by atoms with E-state index in [0.29, 0.717) is 25.0 Å². The summed E-state index contributed by atoms with van der Waals surface area (Å²) in [5, 5.41) is 0. The third kappa shape index (κ3) is 6.32. The molecule has 0 aliphatic carbocycles. The lowest BCUT2D eigenvalue weighted by atomic mass is 10.1. The number of carbonyl (C=O) groups is 3. The minimum atomic E-state index is -0.630. The number of carbonyl (C=O) groups excluding carboxylic acids is 3. The Morgan fingerprint density at radius 1 is 1.12 bits per heavy atom. The second kappa shape index (κ2) is 10.6. The van der Waals surface area contributed by atoms with Crippen molar-refractivity contribution in [2.24, 2.45) is 0 Å². The number of methoxy groups -OCH3 is 3. The number of hydrogen-bond donors (Lipinski definition) is 0. The SMILES string of the molecule is C#CC(=O)OC.COC(=O)C1=CN(Cc2ccc(OC)cc2)C(=O)CC1. The Morgan fingerprint density at radius 3 is 2.23 bits per heavy atom. The van der Waals surface area contributed by atoms with Gasteiger partial charge in [-0.15, -0.1) is 6.42 Å². The first kappa shape index (κ1) is 20.8. The van der Waals surface area contributed by atoms with Gasteiger partial charge in [-0.1, -0.05) is 12.1 Å². The van der Waals surface area contributed by atoms with E-state index in [0.717, 1.165) is 11.3 Å². The molecular weight excluding hydrogens is 338 g/mol. The van der Waals surface area contributed by atoms with Gasteiger partial charge in [0, 0.05) is 18.5 Å². The molecule has 1 aromatic rings. The minimum absolute atomic E-state index is 0.00784. The Bertz CT molecular complexity index is 715. The van der Waals surface area contributed by atoms with E-state index < -0.39 is 5.97 Å². The van der Waals surface area contributed by atoms with E-state index in [1.165, 1.54) is 14.2 Å². The Kier molecular flexibility index (Phi) is 8.44. The molecule has 7 nitrogen and oxygen atoms in total. The highest BCUT2D eigenvalue weighted by Gasteiger charge is 2.22. The topological polar surface area (TPSA) is 82.1 Å². The average molecular weight is 359 g/mol. The van der Waals surface area contributed by atoms with E-state index in [-0.39, 0.29) is 11.9 Å². The van der Waals surface area contributed by atoms with E-state index in [2.05, 4.69) is 11.2 Å².